The second-order valence-corrected chi connectivity index (χ2v) is 11.0. The van der Waals surface area contributed by atoms with Gasteiger partial charge in [0.15, 0.2) is 0 Å². The van der Waals surface area contributed by atoms with Crippen molar-refractivity contribution in [3.63, 3.8) is 0 Å². The van der Waals surface area contributed by atoms with E-state index in [0.29, 0.717) is 5.02 Å². The molecule has 3 heterocycles. The van der Waals surface area contributed by atoms with Crippen molar-refractivity contribution in [2.24, 2.45) is 7.05 Å². The highest BCUT2D eigenvalue weighted by Gasteiger charge is 2.26. The predicted octanol–water partition coefficient (Wildman–Crippen LogP) is 4.70. The molecule has 2 N–H and O–H groups in total. The van der Waals surface area contributed by atoms with Crippen molar-refractivity contribution in [2.75, 3.05) is 33.3 Å². The fraction of sp³-hybridized carbons (Fsp3) is 0.414. The molecule has 3 aromatic rings. The fourth-order valence-electron chi connectivity index (χ4n) is 4.64. The van der Waals surface area contributed by atoms with Gasteiger partial charge in [0, 0.05) is 63.5 Å². The van der Waals surface area contributed by atoms with Crippen molar-refractivity contribution in [3.05, 3.63) is 82.2 Å². The molecule has 9 heteroatoms. The molecule has 1 saturated heterocycles. The molecule has 2 aliphatic rings. The zero-order valence-corrected chi connectivity index (χ0v) is 23.5. The summed E-state index contributed by atoms with van der Waals surface area (Å²) in [6, 6.07) is 10.1. The van der Waals surface area contributed by atoms with Crippen LogP contribution in [0.2, 0.25) is 5.02 Å². The lowest BCUT2D eigenvalue weighted by Crippen LogP contribution is -2.54. The predicted molar refractivity (Wildman–Crippen MR) is 152 cm³/mol. The SMILES string of the molecule is CC(C)(C)NC(=O)N1CCNCC1.COC(C1=Cc2cccnc2Cc2ccc(Cl)cc21)c1cncn1C. The summed E-state index contributed by atoms with van der Waals surface area (Å²) in [6.07, 6.45) is 8.15. The molecule has 1 aliphatic carbocycles. The molecule has 2 aromatic heterocycles. The van der Waals surface area contributed by atoms with Crippen LogP contribution in [0.4, 0.5) is 4.79 Å². The van der Waals surface area contributed by atoms with Gasteiger partial charge in [-0.15, -0.1) is 0 Å². The zero-order chi connectivity index (χ0) is 27.3. The highest BCUT2D eigenvalue weighted by Crippen LogP contribution is 2.39. The van der Waals surface area contributed by atoms with E-state index in [9.17, 15) is 4.79 Å². The van der Waals surface area contributed by atoms with Gasteiger partial charge in [0.05, 0.1) is 23.9 Å². The third-order valence-electron chi connectivity index (χ3n) is 6.50. The van der Waals surface area contributed by atoms with Gasteiger partial charge in [0.1, 0.15) is 6.10 Å². The second-order valence-electron chi connectivity index (χ2n) is 10.6. The third-order valence-corrected chi connectivity index (χ3v) is 6.74. The van der Waals surface area contributed by atoms with Gasteiger partial charge in [0.25, 0.3) is 0 Å². The number of rotatable bonds is 3. The average molecular weight is 537 g/mol. The van der Waals surface area contributed by atoms with Gasteiger partial charge in [-0.2, -0.15) is 0 Å². The lowest BCUT2D eigenvalue weighted by atomic mass is 9.93. The van der Waals surface area contributed by atoms with Crippen LogP contribution in [0.5, 0.6) is 0 Å². The van der Waals surface area contributed by atoms with Gasteiger partial charge < -0.3 is 24.8 Å². The maximum atomic E-state index is 11.6. The van der Waals surface area contributed by atoms with Crippen LogP contribution in [-0.4, -0.2) is 64.3 Å². The van der Waals surface area contributed by atoms with E-state index in [1.807, 2.05) is 67.9 Å². The number of hydrogen-bond donors (Lipinski definition) is 2. The Morgan fingerprint density at radius 1 is 1.21 bits per heavy atom. The summed E-state index contributed by atoms with van der Waals surface area (Å²) in [5.41, 5.74) is 6.37. The number of piperazine rings is 1. The molecule has 0 radical (unpaired) electrons. The Morgan fingerprint density at radius 2 is 1.97 bits per heavy atom. The van der Waals surface area contributed by atoms with E-state index in [1.165, 1.54) is 5.56 Å². The molecule has 1 fully saturated rings. The molecule has 1 aromatic carbocycles. The number of carbonyl (C=O) groups excluding carboxylic acids is 1. The number of methoxy groups -OCH3 is 1. The first kappa shape index (κ1) is 27.8. The number of aromatic nitrogens is 3. The molecule has 0 bridgehead atoms. The molecule has 8 nitrogen and oxygen atoms in total. The van der Waals surface area contributed by atoms with Gasteiger partial charge >= 0.3 is 6.03 Å². The Kier molecular flexibility index (Phi) is 8.87. The number of ether oxygens (including phenoxy) is 1. The summed E-state index contributed by atoms with van der Waals surface area (Å²) >= 11 is 6.31. The second kappa shape index (κ2) is 12.1. The maximum Gasteiger partial charge on any atom is 0.317 e. The molecular weight excluding hydrogens is 500 g/mol. The van der Waals surface area contributed by atoms with Crippen LogP contribution in [0.3, 0.4) is 0 Å². The number of urea groups is 1. The lowest BCUT2D eigenvalue weighted by Gasteiger charge is -2.31. The first-order valence-corrected chi connectivity index (χ1v) is 13.2. The molecule has 1 atom stereocenters. The number of benzene rings is 1. The van der Waals surface area contributed by atoms with E-state index in [0.717, 1.165) is 60.7 Å². The van der Waals surface area contributed by atoms with E-state index in [-0.39, 0.29) is 17.7 Å². The van der Waals surface area contributed by atoms with E-state index in [1.54, 1.807) is 13.4 Å². The van der Waals surface area contributed by atoms with Crippen LogP contribution in [0.1, 0.15) is 55.0 Å². The number of halogens is 1. The van der Waals surface area contributed by atoms with E-state index >= 15 is 0 Å². The fourth-order valence-corrected chi connectivity index (χ4v) is 4.81. The van der Waals surface area contributed by atoms with Crippen molar-refractivity contribution in [1.29, 1.82) is 0 Å². The van der Waals surface area contributed by atoms with Crippen molar-refractivity contribution in [3.8, 4) is 0 Å². The molecule has 1 unspecified atom stereocenters. The monoisotopic (exact) mass is 536 g/mol. The minimum Gasteiger partial charge on any atom is -0.370 e. The molecule has 5 rings (SSSR count). The first-order valence-electron chi connectivity index (χ1n) is 12.9. The number of amides is 2. The normalized spacial score (nSPS) is 15.7. The van der Waals surface area contributed by atoms with Crippen molar-refractivity contribution in [1.82, 2.24) is 30.1 Å². The van der Waals surface area contributed by atoms with Crippen LogP contribution in [0.15, 0.2) is 49.1 Å². The third kappa shape index (κ3) is 6.81. The Bertz CT molecular complexity index is 1290. The zero-order valence-electron chi connectivity index (χ0n) is 22.8. The average Bonchev–Trinajstić information content (AvgIpc) is 3.23. The Morgan fingerprint density at radius 3 is 2.63 bits per heavy atom. The Labute approximate surface area is 230 Å². The Balaban J connectivity index is 0.000000219. The number of fused-ring (bicyclic) bond motifs is 2. The van der Waals surface area contributed by atoms with Crippen molar-refractivity contribution in [2.45, 2.75) is 38.8 Å². The Hall–Kier alpha value is -3.20. The first-order chi connectivity index (χ1) is 18.2. The van der Waals surface area contributed by atoms with Crippen LogP contribution in [0.25, 0.3) is 11.6 Å². The molecule has 2 amide bonds. The number of nitrogens with zero attached hydrogens (tertiary/aromatic N) is 4. The topological polar surface area (TPSA) is 84.3 Å². The van der Waals surface area contributed by atoms with Gasteiger partial charge in [-0.1, -0.05) is 23.7 Å². The molecule has 1 aliphatic heterocycles. The molecule has 202 valence electrons. The smallest absolute Gasteiger partial charge is 0.317 e. The molecular formula is C29H37ClN6O2. The summed E-state index contributed by atoms with van der Waals surface area (Å²) in [4.78, 5) is 22.3. The number of hydrogen-bond acceptors (Lipinski definition) is 5. The number of carbonyl (C=O) groups is 1. The minimum absolute atomic E-state index is 0.0500. The highest BCUT2D eigenvalue weighted by atomic mass is 35.5. The number of pyridine rings is 1. The number of nitrogens with one attached hydrogen (secondary N) is 2. The lowest BCUT2D eigenvalue weighted by molar-refractivity contribution is 0.145. The van der Waals surface area contributed by atoms with E-state index in [2.05, 4.69) is 38.8 Å². The molecule has 0 spiro atoms. The molecule has 0 saturated carbocycles. The van der Waals surface area contributed by atoms with Crippen LogP contribution < -0.4 is 10.6 Å². The van der Waals surface area contributed by atoms with Gasteiger partial charge in [-0.3, -0.25) is 4.98 Å². The van der Waals surface area contributed by atoms with Crippen LogP contribution in [0, 0.1) is 0 Å². The largest absolute Gasteiger partial charge is 0.370 e. The minimum atomic E-state index is -0.240. The van der Waals surface area contributed by atoms with Gasteiger partial charge in [-0.25, -0.2) is 9.78 Å². The summed E-state index contributed by atoms with van der Waals surface area (Å²) < 4.78 is 7.87. The van der Waals surface area contributed by atoms with Gasteiger partial charge in [-0.05, 0) is 67.3 Å². The number of imidazole rings is 1. The van der Waals surface area contributed by atoms with Crippen LogP contribution in [-0.2, 0) is 18.2 Å². The summed E-state index contributed by atoms with van der Waals surface area (Å²) in [5.74, 6) is 0. The van der Waals surface area contributed by atoms with Crippen molar-refractivity contribution < 1.29 is 9.53 Å². The maximum absolute atomic E-state index is 11.6. The van der Waals surface area contributed by atoms with Crippen molar-refractivity contribution >= 4 is 29.3 Å². The summed E-state index contributed by atoms with van der Waals surface area (Å²) in [5, 5.41) is 6.87. The van der Waals surface area contributed by atoms with E-state index < -0.39 is 0 Å². The number of aryl methyl sites for hydroxylation is 1. The van der Waals surface area contributed by atoms with Crippen LogP contribution >= 0.6 is 11.6 Å². The van der Waals surface area contributed by atoms with E-state index in [4.69, 9.17) is 16.3 Å². The quantitative estimate of drug-likeness (QED) is 0.507. The van der Waals surface area contributed by atoms with Gasteiger partial charge in [0.2, 0.25) is 0 Å². The summed E-state index contributed by atoms with van der Waals surface area (Å²) in [6.45, 7) is 9.40. The molecule has 38 heavy (non-hydrogen) atoms. The standard InChI is InChI=1S/C20H18ClN3O.C9H19N3O/c1-24-12-22-11-19(24)20(25-2)17-8-14-4-3-7-23-18(14)9-13-5-6-15(21)10-16(13)17;1-9(2,3)11-8(13)12-6-4-10-5-7-12/h3-8,10-12,20H,9H2,1-2H3;10H,4-7H2,1-3H3,(H,11,13). The summed E-state index contributed by atoms with van der Waals surface area (Å²) in [7, 11) is 3.69. The highest BCUT2D eigenvalue weighted by molar-refractivity contribution is 6.30.